The van der Waals surface area contributed by atoms with Crippen molar-refractivity contribution in [1.82, 2.24) is 0 Å². The van der Waals surface area contributed by atoms with Crippen LogP contribution in [0.1, 0.15) is 110 Å². The lowest BCUT2D eigenvalue weighted by molar-refractivity contribution is -0.134. The molecule has 0 unspecified atom stereocenters. The van der Waals surface area contributed by atoms with E-state index in [1.54, 1.807) is 12.1 Å². The molecule has 0 aliphatic carbocycles. The number of hydrogen-bond donors (Lipinski definition) is 2. The number of phenolic OH excluding ortho intramolecular Hbond substituents is 2. The van der Waals surface area contributed by atoms with Crippen LogP contribution in [0.25, 0.3) is 22.1 Å². The SMILES string of the molecule is CCCCCCCCCCCCCCCCCC(=O)Oc1cc(O)c2c(=O)c(-c3ccc(O)cc3)coc2c1. The Hall–Kier alpha value is -3.28. The van der Waals surface area contributed by atoms with Crippen LogP contribution in [0.3, 0.4) is 0 Å². The summed E-state index contributed by atoms with van der Waals surface area (Å²) in [5.74, 6) is -0.447. The number of hydrogen-bond acceptors (Lipinski definition) is 6. The number of benzene rings is 2. The van der Waals surface area contributed by atoms with Gasteiger partial charge in [0.05, 0.1) is 5.56 Å². The van der Waals surface area contributed by atoms with Crippen molar-refractivity contribution < 1.29 is 24.2 Å². The van der Waals surface area contributed by atoms with Crippen LogP contribution in [0.2, 0.25) is 0 Å². The van der Waals surface area contributed by atoms with E-state index in [4.69, 9.17) is 9.15 Å². The molecule has 2 aromatic carbocycles. The van der Waals surface area contributed by atoms with E-state index in [0.717, 1.165) is 19.3 Å². The van der Waals surface area contributed by atoms with E-state index >= 15 is 0 Å². The Morgan fingerprint density at radius 2 is 1.31 bits per heavy atom. The highest BCUT2D eigenvalue weighted by Gasteiger charge is 2.16. The van der Waals surface area contributed by atoms with Crippen LogP contribution in [0, 0.1) is 0 Å². The van der Waals surface area contributed by atoms with Crippen molar-refractivity contribution in [3.05, 3.63) is 52.9 Å². The molecule has 0 aliphatic heterocycles. The summed E-state index contributed by atoms with van der Waals surface area (Å²) in [5.41, 5.74) is 0.546. The standard InChI is InChI=1S/C33H44O6/c1-2-3-4-5-6-7-8-9-10-11-12-13-14-15-16-17-31(36)39-27-22-29(35)32-30(23-27)38-24-28(33(32)37)25-18-20-26(34)21-19-25/h18-24,34-35H,2-17H2,1H3. The second kappa shape index (κ2) is 16.6. The second-order valence-corrected chi connectivity index (χ2v) is 10.5. The van der Waals surface area contributed by atoms with Gasteiger partial charge in [-0.15, -0.1) is 0 Å². The number of esters is 1. The first-order valence-corrected chi connectivity index (χ1v) is 14.8. The van der Waals surface area contributed by atoms with E-state index in [0.29, 0.717) is 12.0 Å². The predicted octanol–water partition coefficient (Wildman–Crippen LogP) is 9.04. The Bertz CT molecular complexity index is 1210. The smallest absolute Gasteiger partial charge is 0.311 e. The zero-order chi connectivity index (χ0) is 27.9. The minimum Gasteiger partial charge on any atom is -0.508 e. The third-order valence-corrected chi connectivity index (χ3v) is 7.22. The van der Waals surface area contributed by atoms with Gasteiger partial charge in [-0.2, -0.15) is 0 Å². The first kappa shape index (κ1) is 30.3. The number of rotatable bonds is 18. The number of phenols is 2. The van der Waals surface area contributed by atoms with Crippen LogP contribution < -0.4 is 10.2 Å². The number of ether oxygens (including phenoxy) is 1. The van der Waals surface area contributed by atoms with Crippen molar-refractivity contribution in [1.29, 1.82) is 0 Å². The largest absolute Gasteiger partial charge is 0.508 e. The Labute approximate surface area is 232 Å². The van der Waals surface area contributed by atoms with Crippen molar-refractivity contribution in [3.63, 3.8) is 0 Å². The maximum atomic E-state index is 12.9. The monoisotopic (exact) mass is 536 g/mol. The van der Waals surface area contributed by atoms with Gasteiger partial charge in [-0.25, -0.2) is 0 Å². The molecule has 6 heteroatoms. The van der Waals surface area contributed by atoms with Crippen LogP contribution >= 0.6 is 0 Å². The number of carbonyl (C=O) groups excluding carboxylic acids is 1. The highest BCUT2D eigenvalue weighted by molar-refractivity contribution is 5.88. The molecule has 0 radical (unpaired) electrons. The molecule has 0 atom stereocenters. The summed E-state index contributed by atoms with van der Waals surface area (Å²) in [6.45, 7) is 2.26. The van der Waals surface area contributed by atoms with Crippen LogP contribution in [-0.4, -0.2) is 16.2 Å². The molecule has 0 fully saturated rings. The molecular formula is C33H44O6. The molecule has 3 aromatic rings. The Morgan fingerprint density at radius 1 is 0.769 bits per heavy atom. The van der Waals surface area contributed by atoms with E-state index in [-0.39, 0.29) is 39.8 Å². The highest BCUT2D eigenvalue weighted by atomic mass is 16.5. The molecule has 2 N–H and O–H groups in total. The van der Waals surface area contributed by atoms with Crippen molar-refractivity contribution in [2.45, 2.75) is 110 Å². The summed E-state index contributed by atoms with van der Waals surface area (Å²) in [5, 5.41) is 20.0. The van der Waals surface area contributed by atoms with E-state index in [1.807, 2.05) is 0 Å². The molecule has 1 aromatic heterocycles. The average Bonchev–Trinajstić information content (AvgIpc) is 2.91. The van der Waals surface area contributed by atoms with Crippen LogP contribution in [-0.2, 0) is 4.79 Å². The lowest BCUT2D eigenvalue weighted by Crippen LogP contribution is -2.09. The molecule has 0 saturated heterocycles. The van der Waals surface area contributed by atoms with Gasteiger partial charge in [0, 0.05) is 18.6 Å². The number of fused-ring (bicyclic) bond motifs is 1. The fraction of sp³-hybridized carbons (Fsp3) is 0.515. The minimum absolute atomic E-state index is 0.0165. The molecule has 3 rings (SSSR count). The van der Waals surface area contributed by atoms with Gasteiger partial charge in [0.25, 0.3) is 0 Å². The first-order chi connectivity index (χ1) is 19.0. The Kier molecular flexibility index (Phi) is 12.9. The van der Waals surface area contributed by atoms with Gasteiger partial charge in [-0.3, -0.25) is 9.59 Å². The van der Waals surface area contributed by atoms with Gasteiger partial charge in [0.1, 0.15) is 34.5 Å². The summed E-state index contributed by atoms with van der Waals surface area (Å²) in [6, 6.07) is 8.85. The number of aromatic hydroxyl groups is 2. The van der Waals surface area contributed by atoms with Gasteiger partial charge in [-0.1, -0.05) is 109 Å². The molecule has 212 valence electrons. The van der Waals surface area contributed by atoms with Gasteiger partial charge >= 0.3 is 5.97 Å². The molecule has 0 aliphatic rings. The third-order valence-electron chi connectivity index (χ3n) is 7.22. The average molecular weight is 537 g/mol. The Morgan fingerprint density at radius 3 is 1.87 bits per heavy atom. The maximum absolute atomic E-state index is 12.9. The van der Waals surface area contributed by atoms with Gasteiger partial charge < -0.3 is 19.4 Å². The summed E-state index contributed by atoms with van der Waals surface area (Å²) in [6.07, 6.45) is 20.6. The maximum Gasteiger partial charge on any atom is 0.311 e. The molecule has 0 saturated carbocycles. The molecule has 1 heterocycles. The fourth-order valence-electron chi connectivity index (χ4n) is 4.93. The summed E-state index contributed by atoms with van der Waals surface area (Å²) < 4.78 is 11.0. The second-order valence-electron chi connectivity index (χ2n) is 10.5. The van der Waals surface area contributed by atoms with Crippen molar-refractivity contribution in [2.24, 2.45) is 0 Å². The molecule has 39 heavy (non-hydrogen) atoms. The van der Waals surface area contributed by atoms with E-state index < -0.39 is 5.43 Å². The highest BCUT2D eigenvalue weighted by Crippen LogP contribution is 2.31. The normalized spacial score (nSPS) is 11.2. The summed E-state index contributed by atoms with van der Waals surface area (Å²) in [4.78, 5) is 25.3. The van der Waals surface area contributed by atoms with E-state index in [1.165, 1.54) is 108 Å². The summed E-state index contributed by atoms with van der Waals surface area (Å²) >= 11 is 0. The molecule has 0 spiro atoms. The van der Waals surface area contributed by atoms with Crippen LogP contribution in [0.5, 0.6) is 17.2 Å². The zero-order valence-electron chi connectivity index (χ0n) is 23.4. The van der Waals surface area contributed by atoms with E-state index in [2.05, 4.69) is 6.92 Å². The fourth-order valence-corrected chi connectivity index (χ4v) is 4.93. The molecular weight excluding hydrogens is 492 g/mol. The van der Waals surface area contributed by atoms with Crippen LogP contribution in [0.15, 0.2) is 51.9 Å². The van der Waals surface area contributed by atoms with Gasteiger partial charge in [0.15, 0.2) is 0 Å². The number of carbonyl (C=O) groups is 1. The number of unbranched alkanes of at least 4 members (excludes halogenated alkanes) is 14. The Balaban J connectivity index is 1.33. The van der Waals surface area contributed by atoms with Crippen LogP contribution in [0.4, 0.5) is 0 Å². The van der Waals surface area contributed by atoms with Crippen molar-refractivity contribution in [3.8, 4) is 28.4 Å². The summed E-state index contributed by atoms with van der Waals surface area (Å²) in [7, 11) is 0. The topological polar surface area (TPSA) is 97.0 Å². The lowest BCUT2D eigenvalue weighted by atomic mass is 10.0. The van der Waals surface area contributed by atoms with Gasteiger partial charge in [0.2, 0.25) is 5.43 Å². The van der Waals surface area contributed by atoms with E-state index in [9.17, 15) is 19.8 Å². The minimum atomic E-state index is -0.407. The predicted molar refractivity (Wildman–Crippen MR) is 156 cm³/mol. The molecule has 0 amide bonds. The quantitative estimate of drug-likeness (QED) is 0.0956. The zero-order valence-corrected chi connectivity index (χ0v) is 23.4. The lowest BCUT2D eigenvalue weighted by Gasteiger charge is -2.08. The third kappa shape index (κ3) is 10.1. The molecule has 6 nitrogen and oxygen atoms in total. The molecule has 0 bridgehead atoms. The van der Waals surface area contributed by atoms with Crippen molar-refractivity contribution >= 4 is 16.9 Å². The first-order valence-electron chi connectivity index (χ1n) is 14.8. The van der Waals surface area contributed by atoms with Crippen molar-refractivity contribution in [2.75, 3.05) is 0 Å². The van der Waals surface area contributed by atoms with Gasteiger partial charge in [-0.05, 0) is 24.1 Å².